The van der Waals surface area contributed by atoms with Gasteiger partial charge in [0.1, 0.15) is 5.75 Å². The number of carbonyl (C=O) groups is 1. The maximum Gasteiger partial charge on any atom is 0.264 e. The Morgan fingerprint density at radius 2 is 2.09 bits per heavy atom. The monoisotopic (exact) mass is 344 g/mol. The Bertz CT molecular complexity index is 845. The van der Waals surface area contributed by atoms with Crippen molar-refractivity contribution in [1.82, 2.24) is 4.98 Å². The molecule has 4 nitrogen and oxygen atoms in total. The van der Waals surface area contributed by atoms with Crippen LogP contribution < -0.4 is 10.1 Å². The summed E-state index contributed by atoms with van der Waals surface area (Å²) in [6.45, 7) is 1.92. The number of rotatable bonds is 5. The molecule has 0 saturated heterocycles. The van der Waals surface area contributed by atoms with Gasteiger partial charge in [-0.1, -0.05) is 35.6 Å². The molecule has 0 bridgehead atoms. The zero-order valence-corrected chi connectivity index (χ0v) is 14.5. The van der Waals surface area contributed by atoms with Gasteiger partial charge in [0.25, 0.3) is 5.91 Å². The summed E-state index contributed by atoms with van der Waals surface area (Å²) in [6.07, 6.45) is 2.02. The van der Waals surface area contributed by atoms with Gasteiger partial charge in [0.05, 0.1) is 10.2 Å². The quantitative estimate of drug-likeness (QED) is 0.699. The van der Waals surface area contributed by atoms with E-state index >= 15 is 0 Å². The molecule has 2 aromatic carbocycles. The Labute approximate surface area is 142 Å². The number of anilines is 1. The number of thiazole rings is 1. The van der Waals surface area contributed by atoms with Crippen LogP contribution >= 0.6 is 23.1 Å². The number of nitrogens with one attached hydrogen (secondary N) is 1. The predicted molar refractivity (Wildman–Crippen MR) is 96.7 cm³/mol. The van der Waals surface area contributed by atoms with Crippen LogP contribution in [0.5, 0.6) is 5.75 Å². The summed E-state index contributed by atoms with van der Waals surface area (Å²) in [5.74, 6) is 0.509. The Hall–Kier alpha value is -2.05. The van der Waals surface area contributed by atoms with Crippen molar-refractivity contribution in [2.24, 2.45) is 0 Å². The molecule has 3 rings (SSSR count). The third-order valence-electron chi connectivity index (χ3n) is 3.30. The predicted octanol–water partition coefficient (Wildman–Crippen LogP) is 4.34. The molecule has 1 N–H and O–H groups in total. The van der Waals surface area contributed by atoms with Gasteiger partial charge in [0.2, 0.25) is 0 Å². The van der Waals surface area contributed by atoms with Gasteiger partial charge in [-0.25, -0.2) is 4.98 Å². The summed E-state index contributed by atoms with van der Waals surface area (Å²) in [5, 5.41) is 3.40. The van der Waals surface area contributed by atoms with Crippen LogP contribution in [-0.4, -0.2) is 23.8 Å². The first-order valence-electron chi connectivity index (χ1n) is 7.09. The minimum absolute atomic E-state index is 0.0316. The highest BCUT2D eigenvalue weighted by Crippen LogP contribution is 2.32. The molecular weight excluding hydrogens is 328 g/mol. The van der Waals surface area contributed by atoms with Crippen molar-refractivity contribution in [2.45, 2.75) is 11.8 Å². The number of carbonyl (C=O) groups excluding carboxylic acids is 1. The maximum atomic E-state index is 12.1. The van der Waals surface area contributed by atoms with E-state index in [1.165, 1.54) is 11.3 Å². The van der Waals surface area contributed by atoms with Gasteiger partial charge in [-0.15, -0.1) is 11.8 Å². The summed E-state index contributed by atoms with van der Waals surface area (Å²) >= 11 is 3.11. The Morgan fingerprint density at radius 3 is 2.87 bits per heavy atom. The SMILES string of the molecule is CSc1cccc2sc(NC(=O)COc3ccccc3C)nc12. The largest absolute Gasteiger partial charge is 0.483 e. The zero-order chi connectivity index (χ0) is 16.2. The number of ether oxygens (including phenoxy) is 1. The van der Waals surface area contributed by atoms with Gasteiger partial charge in [-0.2, -0.15) is 0 Å². The van der Waals surface area contributed by atoms with E-state index in [1.54, 1.807) is 11.8 Å². The number of hydrogen-bond donors (Lipinski definition) is 1. The van der Waals surface area contributed by atoms with Crippen LogP contribution in [0.4, 0.5) is 5.13 Å². The normalized spacial score (nSPS) is 10.7. The van der Waals surface area contributed by atoms with Crippen LogP contribution in [0.1, 0.15) is 5.56 Å². The molecule has 0 atom stereocenters. The molecule has 3 aromatic rings. The van der Waals surface area contributed by atoms with Crippen molar-refractivity contribution in [3.05, 3.63) is 48.0 Å². The molecule has 0 saturated carbocycles. The second-order valence-corrected chi connectivity index (χ2v) is 6.81. The van der Waals surface area contributed by atoms with E-state index in [0.717, 1.165) is 26.4 Å². The molecule has 0 unspecified atom stereocenters. The smallest absolute Gasteiger partial charge is 0.264 e. The van der Waals surface area contributed by atoms with Crippen molar-refractivity contribution in [1.29, 1.82) is 0 Å². The molecular formula is C17H16N2O2S2. The molecule has 0 fully saturated rings. The average Bonchev–Trinajstić information content (AvgIpc) is 2.96. The number of thioether (sulfide) groups is 1. The molecule has 0 aliphatic heterocycles. The van der Waals surface area contributed by atoms with Gasteiger partial charge in [-0.3, -0.25) is 10.1 Å². The van der Waals surface area contributed by atoms with Gasteiger partial charge < -0.3 is 4.74 Å². The molecule has 1 aromatic heterocycles. The van der Waals surface area contributed by atoms with E-state index in [2.05, 4.69) is 10.3 Å². The fraction of sp³-hybridized carbons (Fsp3) is 0.176. The Morgan fingerprint density at radius 1 is 1.26 bits per heavy atom. The van der Waals surface area contributed by atoms with E-state index in [9.17, 15) is 4.79 Å². The number of aromatic nitrogens is 1. The van der Waals surface area contributed by atoms with E-state index in [1.807, 2.05) is 55.6 Å². The minimum atomic E-state index is -0.210. The number of aryl methyl sites for hydroxylation is 1. The van der Waals surface area contributed by atoms with Crippen LogP contribution in [0.15, 0.2) is 47.4 Å². The Kier molecular flexibility index (Phi) is 4.83. The number of para-hydroxylation sites is 2. The first kappa shape index (κ1) is 15.8. The molecule has 1 amide bonds. The highest BCUT2D eigenvalue weighted by atomic mass is 32.2. The van der Waals surface area contributed by atoms with Crippen LogP contribution in [0.25, 0.3) is 10.2 Å². The van der Waals surface area contributed by atoms with Crippen molar-refractivity contribution < 1.29 is 9.53 Å². The van der Waals surface area contributed by atoms with Gasteiger partial charge >= 0.3 is 0 Å². The lowest BCUT2D eigenvalue weighted by Crippen LogP contribution is -2.20. The van der Waals surface area contributed by atoms with Gasteiger partial charge in [-0.05, 0) is 36.9 Å². The van der Waals surface area contributed by atoms with Crippen LogP contribution in [0.3, 0.4) is 0 Å². The molecule has 0 radical (unpaired) electrons. The fourth-order valence-corrected chi connectivity index (χ4v) is 3.70. The Balaban J connectivity index is 1.67. The molecule has 23 heavy (non-hydrogen) atoms. The lowest BCUT2D eigenvalue weighted by atomic mass is 10.2. The summed E-state index contributed by atoms with van der Waals surface area (Å²) in [4.78, 5) is 17.7. The average molecular weight is 344 g/mol. The summed E-state index contributed by atoms with van der Waals surface area (Å²) in [5.41, 5.74) is 1.94. The summed E-state index contributed by atoms with van der Waals surface area (Å²) in [7, 11) is 0. The number of hydrogen-bond acceptors (Lipinski definition) is 5. The van der Waals surface area contributed by atoms with Crippen molar-refractivity contribution in [3.8, 4) is 5.75 Å². The minimum Gasteiger partial charge on any atom is -0.483 e. The molecule has 118 valence electrons. The van der Waals surface area contributed by atoms with Crippen molar-refractivity contribution in [3.63, 3.8) is 0 Å². The molecule has 1 heterocycles. The highest BCUT2D eigenvalue weighted by molar-refractivity contribution is 7.98. The third-order valence-corrected chi connectivity index (χ3v) is 5.01. The number of amides is 1. The molecule has 0 aliphatic rings. The number of benzene rings is 2. The topological polar surface area (TPSA) is 51.2 Å². The standard InChI is InChI=1S/C17H16N2O2S2/c1-11-6-3-4-7-12(11)21-10-15(20)18-17-19-16-13(22-2)8-5-9-14(16)23-17/h3-9H,10H2,1-2H3,(H,18,19,20). The molecule has 0 aliphatic carbocycles. The van der Waals surface area contributed by atoms with Gasteiger partial charge in [0.15, 0.2) is 11.7 Å². The van der Waals surface area contributed by atoms with E-state index in [0.29, 0.717) is 5.13 Å². The lowest BCUT2D eigenvalue weighted by molar-refractivity contribution is -0.118. The molecule has 0 spiro atoms. The summed E-state index contributed by atoms with van der Waals surface area (Å²) < 4.78 is 6.61. The third kappa shape index (κ3) is 3.65. The lowest BCUT2D eigenvalue weighted by Gasteiger charge is -2.07. The first-order valence-corrected chi connectivity index (χ1v) is 9.13. The van der Waals surface area contributed by atoms with Crippen molar-refractivity contribution in [2.75, 3.05) is 18.2 Å². The zero-order valence-electron chi connectivity index (χ0n) is 12.8. The van der Waals surface area contributed by atoms with Crippen molar-refractivity contribution >= 4 is 44.4 Å². The van der Waals surface area contributed by atoms with Gasteiger partial charge in [0, 0.05) is 4.90 Å². The molecule has 6 heteroatoms. The van der Waals surface area contributed by atoms with Crippen LogP contribution in [-0.2, 0) is 4.79 Å². The highest BCUT2D eigenvalue weighted by Gasteiger charge is 2.11. The maximum absolute atomic E-state index is 12.1. The van der Waals surface area contributed by atoms with E-state index in [-0.39, 0.29) is 12.5 Å². The van der Waals surface area contributed by atoms with E-state index in [4.69, 9.17) is 4.74 Å². The first-order chi connectivity index (χ1) is 11.2. The number of nitrogens with zero attached hydrogens (tertiary/aromatic N) is 1. The number of fused-ring (bicyclic) bond motifs is 1. The second-order valence-electron chi connectivity index (χ2n) is 4.93. The van der Waals surface area contributed by atoms with Crippen LogP contribution in [0.2, 0.25) is 0 Å². The van der Waals surface area contributed by atoms with E-state index < -0.39 is 0 Å². The second kappa shape index (κ2) is 7.02. The summed E-state index contributed by atoms with van der Waals surface area (Å²) in [6, 6.07) is 13.7. The van der Waals surface area contributed by atoms with Crippen LogP contribution in [0, 0.1) is 6.92 Å². The fourth-order valence-electron chi connectivity index (χ4n) is 2.16.